The normalized spacial score (nSPS) is 11.7. The first-order valence-corrected chi connectivity index (χ1v) is 23.7. The van der Waals surface area contributed by atoms with Gasteiger partial charge in [0.2, 0.25) is 11.8 Å². The lowest BCUT2D eigenvalue weighted by molar-refractivity contribution is -0.145. The Hall–Kier alpha value is -5.57. The van der Waals surface area contributed by atoms with Crippen LogP contribution < -0.4 is 16.0 Å². The summed E-state index contributed by atoms with van der Waals surface area (Å²) >= 11 is 0. The van der Waals surface area contributed by atoms with E-state index in [2.05, 4.69) is 54.1 Å². The lowest BCUT2D eigenvalue weighted by Gasteiger charge is -2.16. The molecule has 0 fully saturated rings. The lowest BCUT2D eigenvalue weighted by Crippen LogP contribution is -2.42. The number of nitrogens with one attached hydrogen (secondary N) is 3. The minimum Gasteiger partial charge on any atom is -0.466 e. The van der Waals surface area contributed by atoms with Gasteiger partial charge in [-0.2, -0.15) is 0 Å². The SMILES string of the molecule is CC.CC.CCC.CCOC(=O)CC[C@@H](/C=C/S(C)(=O)=O)NC(=O)CNC(=O)[C@@H](C)CCc1cccc2ccccc12.CCOC(=O)C[C@H](NC(=O)OCc1ccccc1)C(C)=O.[HH].[HH].[HH]. The van der Waals surface area contributed by atoms with Crippen molar-refractivity contribution in [2.75, 3.05) is 26.0 Å². The largest absolute Gasteiger partial charge is 0.466 e. The molecule has 0 saturated carbocycles. The first-order valence-electron chi connectivity index (χ1n) is 21.7. The van der Waals surface area contributed by atoms with Gasteiger partial charge in [0.05, 0.1) is 26.2 Å². The number of benzene rings is 3. The summed E-state index contributed by atoms with van der Waals surface area (Å²) in [6, 6.07) is 21.7. The summed E-state index contributed by atoms with van der Waals surface area (Å²) < 4.78 is 37.5. The van der Waals surface area contributed by atoms with Gasteiger partial charge in [-0.25, -0.2) is 13.2 Å². The number of fused-ring (bicyclic) bond motifs is 1. The molecule has 3 aromatic carbocycles. The highest BCUT2D eigenvalue weighted by Crippen LogP contribution is 2.21. The van der Waals surface area contributed by atoms with Crippen molar-refractivity contribution >= 4 is 56.2 Å². The molecule has 3 N–H and O–H groups in total. The third-order valence-corrected chi connectivity index (χ3v) is 8.79. The molecule has 0 unspecified atom stereocenters. The smallest absolute Gasteiger partial charge is 0.408 e. The number of ketones is 1. The van der Waals surface area contributed by atoms with Crippen LogP contribution in [0.2, 0.25) is 0 Å². The summed E-state index contributed by atoms with van der Waals surface area (Å²) in [7, 11) is -3.40. The standard InChI is InChI=1S/C26H34N2O6S.C15H19NO5.C3H8.2C2H6.3H2/c1-4-34-25(30)15-14-22(16-17-35(3,32)33)28-24(29)18-27-26(31)19(2)12-13-21-10-7-9-20-8-5-6-11-23(20)21;1-3-20-14(18)9-13(11(2)17)16-15(19)21-10-12-7-5-4-6-8-12;1-3-2;2*1-2;;;/h5-11,16-17,19,22H,4,12-15,18H2,1-3H3,(H,27,31)(H,28,29);4-8,13H,3,9-10H2,1-2H3,(H,16,19);3H2,1-2H3;2*1-2H3;3*1H/b17-16+;;;;;;;/t19-,22-;13-;;;;;;/m00....../s1. The maximum absolute atomic E-state index is 12.5. The number of amides is 3. The minimum atomic E-state index is -3.40. The van der Waals surface area contributed by atoms with E-state index >= 15 is 0 Å². The number of aryl methyl sites for hydroxylation is 1. The first-order chi connectivity index (χ1) is 30.0. The van der Waals surface area contributed by atoms with Gasteiger partial charge in [-0.05, 0) is 61.9 Å². The Labute approximate surface area is 380 Å². The molecule has 0 aliphatic carbocycles. The molecule has 0 saturated heterocycles. The zero-order valence-electron chi connectivity index (χ0n) is 39.3. The number of hydrogen-bond donors (Lipinski definition) is 3. The number of hydrogen-bond acceptors (Lipinski definition) is 11. The highest BCUT2D eigenvalue weighted by molar-refractivity contribution is 7.93. The zero-order valence-corrected chi connectivity index (χ0v) is 40.1. The predicted octanol–water partition coefficient (Wildman–Crippen LogP) is 8.94. The summed E-state index contributed by atoms with van der Waals surface area (Å²) in [5.41, 5.74) is 2.00. The van der Waals surface area contributed by atoms with Crippen molar-refractivity contribution in [1.29, 1.82) is 0 Å². The van der Waals surface area contributed by atoms with Crippen LogP contribution in [0.5, 0.6) is 0 Å². The molecule has 3 atom stereocenters. The molecule has 0 aliphatic heterocycles. The van der Waals surface area contributed by atoms with Crippen LogP contribution in [-0.4, -0.2) is 82.1 Å². The number of carbonyl (C=O) groups is 6. The monoisotopic (exact) mass is 906 g/mol. The third-order valence-electron chi connectivity index (χ3n) is 8.14. The van der Waals surface area contributed by atoms with Crippen LogP contribution in [0.4, 0.5) is 4.79 Å². The summed E-state index contributed by atoms with van der Waals surface area (Å²) in [5, 5.41) is 10.9. The average Bonchev–Trinajstić information content (AvgIpc) is 3.26. The molecule has 15 heteroatoms. The van der Waals surface area contributed by atoms with E-state index in [0.717, 1.165) is 34.4 Å². The van der Waals surface area contributed by atoms with Crippen molar-refractivity contribution < 1.29 is 55.7 Å². The van der Waals surface area contributed by atoms with Crippen molar-refractivity contribution in [1.82, 2.24) is 16.0 Å². The van der Waals surface area contributed by atoms with Crippen LogP contribution in [0.15, 0.2) is 84.3 Å². The van der Waals surface area contributed by atoms with Gasteiger partial charge in [0.15, 0.2) is 15.6 Å². The molecule has 0 aromatic heterocycles. The summed E-state index contributed by atoms with van der Waals surface area (Å²) in [5.74, 6) is -2.33. The summed E-state index contributed by atoms with van der Waals surface area (Å²) in [6.07, 6.45) is 4.20. The minimum absolute atomic E-state index is 0. The molecule has 3 amide bonds. The van der Waals surface area contributed by atoms with Crippen LogP contribution in [-0.2, 0) is 61.0 Å². The van der Waals surface area contributed by atoms with E-state index in [9.17, 15) is 37.2 Å². The second kappa shape index (κ2) is 36.0. The fourth-order valence-electron chi connectivity index (χ4n) is 5.16. The van der Waals surface area contributed by atoms with Crippen LogP contribution in [0.3, 0.4) is 0 Å². The molecule has 0 heterocycles. The van der Waals surface area contributed by atoms with Crippen molar-refractivity contribution in [2.24, 2.45) is 5.92 Å². The zero-order chi connectivity index (χ0) is 48.2. The molecule has 0 spiro atoms. The molecule has 358 valence electrons. The molecule has 3 aromatic rings. The Bertz CT molecular complexity index is 1930. The number of rotatable bonds is 20. The van der Waals surface area contributed by atoms with E-state index in [4.69, 9.17) is 14.2 Å². The molecular formula is C48H79N3O11S. The number of esters is 2. The van der Waals surface area contributed by atoms with E-state index < -0.39 is 45.9 Å². The molecule has 3 rings (SSSR count). The predicted molar refractivity (Wildman–Crippen MR) is 257 cm³/mol. The quantitative estimate of drug-likeness (QED) is 0.0722. The summed E-state index contributed by atoms with van der Waals surface area (Å²) in [4.78, 5) is 70.9. The van der Waals surface area contributed by atoms with Gasteiger partial charge in [0.25, 0.3) is 0 Å². The number of ether oxygens (including phenoxy) is 3. The van der Waals surface area contributed by atoms with Crippen molar-refractivity contribution in [2.45, 2.75) is 126 Å². The van der Waals surface area contributed by atoms with E-state index in [0.29, 0.717) is 6.42 Å². The first kappa shape index (κ1) is 59.5. The van der Waals surface area contributed by atoms with Gasteiger partial charge in [-0.15, -0.1) is 0 Å². The fraction of sp³-hybridized carbons (Fsp3) is 0.500. The number of sulfone groups is 1. The van der Waals surface area contributed by atoms with Gasteiger partial charge in [-0.1, -0.05) is 134 Å². The number of Topliss-reactive ketones (excluding diaryl/α,β-unsaturated/α-hetero) is 1. The fourth-order valence-corrected chi connectivity index (χ4v) is 5.64. The summed E-state index contributed by atoms with van der Waals surface area (Å²) in [6.45, 7) is 19.0. The van der Waals surface area contributed by atoms with E-state index in [1.165, 1.54) is 25.0 Å². The van der Waals surface area contributed by atoms with Crippen molar-refractivity contribution in [3.05, 3.63) is 95.4 Å². The Morgan fingerprint density at radius 2 is 1.32 bits per heavy atom. The second-order valence-corrected chi connectivity index (χ2v) is 15.5. The number of carbonyl (C=O) groups excluding carboxylic acids is 6. The maximum atomic E-state index is 12.5. The Balaban J connectivity index is -0.000000344. The Morgan fingerprint density at radius 1 is 0.746 bits per heavy atom. The molecule has 0 radical (unpaired) electrons. The van der Waals surface area contributed by atoms with Gasteiger partial charge in [-0.3, -0.25) is 24.0 Å². The van der Waals surface area contributed by atoms with Gasteiger partial charge in [0, 0.05) is 34.3 Å². The highest BCUT2D eigenvalue weighted by atomic mass is 32.2. The van der Waals surface area contributed by atoms with Crippen LogP contribution >= 0.6 is 0 Å². The van der Waals surface area contributed by atoms with Crippen LogP contribution in [0.25, 0.3) is 10.8 Å². The third kappa shape index (κ3) is 29.4. The van der Waals surface area contributed by atoms with Crippen LogP contribution in [0.1, 0.15) is 117 Å². The maximum Gasteiger partial charge on any atom is 0.408 e. The van der Waals surface area contributed by atoms with Crippen molar-refractivity contribution in [3.63, 3.8) is 0 Å². The molecular weight excluding hydrogens is 827 g/mol. The van der Waals surface area contributed by atoms with Gasteiger partial charge in [0.1, 0.15) is 12.6 Å². The van der Waals surface area contributed by atoms with Gasteiger partial charge < -0.3 is 30.2 Å². The highest BCUT2D eigenvalue weighted by Gasteiger charge is 2.22. The topological polar surface area (TPSA) is 200 Å². The second-order valence-electron chi connectivity index (χ2n) is 13.6. The van der Waals surface area contributed by atoms with Gasteiger partial charge >= 0.3 is 18.0 Å². The molecule has 63 heavy (non-hydrogen) atoms. The molecule has 14 nitrogen and oxygen atoms in total. The lowest BCUT2D eigenvalue weighted by atomic mass is 9.96. The Morgan fingerprint density at radius 3 is 1.90 bits per heavy atom. The van der Waals surface area contributed by atoms with Crippen molar-refractivity contribution in [3.8, 4) is 0 Å². The molecule has 0 aliphatic rings. The van der Waals surface area contributed by atoms with E-state index in [1.807, 2.05) is 83.1 Å². The number of alkyl carbamates (subject to hydrolysis) is 1. The molecule has 0 bridgehead atoms. The van der Waals surface area contributed by atoms with E-state index in [-0.39, 0.29) is 67.5 Å². The van der Waals surface area contributed by atoms with E-state index in [1.54, 1.807) is 13.8 Å². The average molecular weight is 906 g/mol. The van der Waals surface area contributed by atoms with Crippen LogP contribution in [0, 0.1) is 5.92 Å². The Kier molecular flexibility index (Phi) is 34.0.